The Morgan fingerprint density at radius 3 is 2.43 bits per heavy atom. The Morgan fingerprint density at radius 1 is 0.936 bits per heavy atom. The molecule has 1 aromatic carbocycles. The zero-order valence-corrected chi connectivity index (χ0v) is 27.5. The van der Waals surface area contributed by atoms with Gasteiger partial charge in [0.25, 0.3) is 5.92 Å². The minimum absolute atomic E-state index is 0.00717. The van der Waals surface area contributed by atoms with E-state index in [1.54, 1.807) is 18.2 Å². The van der Waals surface area contributed by atoms with Gasteiger partial charge in [-0.2, -0.15) is 8.78 Å². The predicted molar refractivity (Wildman–Crippen MR) is 170 cm³/mol. The molecule has 256 valence electrons. The van der Waals surface area contributed by atoms with Gasteiger partial charge in [0.05, 0.1) is 43.1 Å². The number of esters is 1. The standard InChI is InChI=1S/C36H47F2N3O6/c1-3-25-29(21-42)41-20-31(25)47-34-33(39-27-16-15-24(45-2)18-28(27)40-34)36(37,38)17-8-7-12-23-13-9-14-30(23)46-32(43)19-26(35(41)44)22-10-5-4-6-11-22/h15-16,18,21-23,25-26,29-31H,3-14,17,19-20H2,1-2H3/t23-,25+,26+,29-,30-,31+/m1/s1. The summed E-state index contributed by atoms with van der Waals surface area (Å²) in [6.07, 6.45) is 8.47. The average Bonchev–Trinajstić information content (AvgIpc) is 3.67. The van der Waals surface area contributed by atoms with Gasteiger partial charge in [0.15, 0.2) is 5.69 Å². The highest BCUT2D eigenvalue weighted by molar-refractivity contribution is 5.87. The fourth-order valence-electron chi connectivity index (χ4n) is 8.51. The molecule has 3 heterocycles. The van der Waals surface area contributed by atoms with Crippen LogP contribution in [0.5, 0.6) is 11.6 Å². The molecule has 1 saturated heterocycles. The van der Waals surface area contributed by atoms with E-state index in [2.05, 4.69) is 9.97 Å². The summed E-state index contributed by atoms with van der Waals surface area (Å²) in [6.45, 7) is 1.91. The van der Waals surface area contributed by atoms with E-state index in [1.165, 1.54) is 12.0 Å². The normalized spacial score (nSPS) is 30.9. The van der Waals surface area contributed by atoms with Crippen LogP contribution < -0.4 is 9.47 Å². The van der Waals surface area contributed by atoms with Crippen molar-refractivity contribution in [2.45, 2.75) is 121 Å². The Hall–Kier alpha value is -3.37. The Labute approximate surface area is 275 Å². The summed E-state index contributed by atoms with van der Waals surface area (Å²) in [4.78, 5) is 51.0. The van der Waals surface area contributed by atoms with Crippen molar-refractivity contribution in [1.29, 1.82) is 0 Å². The first kappa shape index (κ1) is 33.5. The Kier molecular flexibility index (Phi) is 10.3. The van der Waals surface area contributed by atoms with Crippen molar-refractivity contribution < 1.29 is 37.4 Å². The maximum Gasteiger partial charge on any atom is 0.306 e. The first-order valence-electron chi connectivity index (χ1n) is 17.6. The number of ether oxygens (including phenoxy) is 3. The molecule has 2 bridgehead atoms. The van der Waals surface area contributed by atoms with E-state index in [0.29, 0.717) is 36.0 Å². The lowest BCUT2D eigenvalue weighted by Crippen LogP contribution is -2.45. The SMILES string of the molecule is CC[C@@H]1[C@@H]2CN(C(=O)[C@H](C3CCCCC3)CC(=O)O[C@@H]3CCC[C@H]3CCCCC(F)(F)c3nc4ccc(OC)cc4nc3O2)[C@@H]1C=O. The van der Waals surface area contributed by atoms with Crippen LogP contribution in [0, 0.1) is 23.7 Å². The summed E-state index contributed by atoms with van der Waals surface area (Å²) >= 11 is 0. The number of hydrogen-bond donors (Lipinski definition) is 0. The molecule has 1 amide bonds. The molecule has 2 aliphatic heterocycles. The number of carbonyl (C=O) groups excluding carboxylic acids is 3. The summed E-state index contributed by atoms with van der Waals surface area (Å²) in [6, 6.07) is 4.05. The molecule has 9 nitrogen and oxygen atoms in total. The third-order valence-corrected chi connectivity index (χ3v) is 11.1. The monoisotopic (exact) mass is 655 g/mol. The number of nitrogens with zero attached hydrogens (tertiary/aromatic N) is 3. The van der Waals surface area contributed by atoms with Gasteiger partial charge in [0.1, 0.15) is 24.2 Å². The fourth-order valence-corrected chi connectivity index (χ4v) is 8.51. The number of hydrogen-bond acceptors (Lipinski definition) is 8. The van der Waals surface area contributed by atoms with Crippen molar-refractivity contribution in [3.8, 4) is 11.6 Å². The van der Waals surface area contributed by atoms with E-state index in [4.69, 9.17) is 14.2 Å². The molecule has 0 spiro atoms. The number of alkyl halides is 2. The van der Waals surface area contributed by atoms with Gasteiger partial charge < -0.3 is 23.9 Å². The minimum Gasteiger partial charge on any atom is -0.497 e. The number of carbonyl (C=O) groups is 3. The van der Waals surface area contributed by atoms with Crippen molar-refractivity contribution in [2.24, 2.45) is 23.7 Å². The predicted octanol–water partition coefficient (Wildman–Crippen LogP) is 6.79. The molecule has 47 heavy (non-hydrogen) atoms. The highest BCUT2D eigenvalue weighted by Crippen LogP contribution is 2.42. The van der Waals surface area contributed by atoms with Crippen molar-refractivity contribution in [3.63, 3.8) is 0 Å². The van der Waals surface area contributed by atoms with Crippen LogP contribution in [-0.4, -0.2) is 64.9 Å². The first-order chi connectivity index (χ1) is 22.7. The van der Waals surface area contributed by atoms with Crippen LogP contribution in [0.25, 0.3) is 11.0 Å². The summed E-state index contributed by atoms with van der Waals surface area (Å²) in [7, 11) is 1.51. The molecule has 2 saturated carbocycles. The maximum atomic E-state index is 16.1. The number of methoxy groups -OCH3 is 1. The van der Waals surface area contributed by atoms with E-state index >= 15 is 8.78 Å². The largest absolute Gasteiger partial charge is 0.497 e. The van der Waals surface area contributed by atoms with E-state index in [1.807, 2.05) is 6.92 Å². The van der Waals surface area contributed by atoms with Crippen LogP contribution in [0.15, 0.2) is 18.2 Å². The second kappa shape index (κ2) is 14.4. The molecule has 11 heteroatoms. The highest BCUT2D eigenvalue weighted by atomic mass is 19.3. The summed E-state index contributed by atoms with van der Waals surface area (Å²) in [5, 5.41) is 0. The number of halogens is 2. The molecule has 0 unspecified atom stereocenters. The molecule has 0 N–H and O–H groups in total. The van der Waals surface area contributed by atoms with Crippen molar-refractivity contribution in [3.05, 3.63) is 23.9 Å². The Morgan fingerprint density at radius 2 is 1.68 bits per heavy atom. The third kappa shape index (κ3) is 7.09. The highest BCUT2D eigenvalue weighted by Gasteiger charge is 2.49. The van der Waals surface area contributed by atoms with Gasteiger partial charge in [-0.15, -0.1) is 0 Å². The second-order valence-corrected chi connectivity index (χ2v) is 14.0. The van der Waals surface area contributed by atoms with Crippen LogP contribution in [0.2, 0.25) is 0 Å². The van der Waals surface area contributed by atoms with Gasteiger partial charge in [0.2, 0.25) is 11.8 Å². The smallest absolute Gasteiger partial charge is 0.306 e. The molecule has 6 atom stereocenters. The number of benzene rings is 1. The Bertz CT molecular complexity index is 1450. The molecule has 2 aliphatic carbocycles. The molecule has 4 aliphatic rings. The molecule has 0 radical (unpaired) electrons. The fraction of sp³-hybridized carbons (Fsp3) is 0.694. The maximum absolute atomic E-state index is 16.1. The van der Waals surface area contributed by atoms with Crippen LogP contribution in [-0.2, 0) is 25.0 Å². The van der Waals surface area contributed by atoms with Gasteiger partial charge in [0, 0.05) is 18.4 Å². The second-order valence-electron chi connectivity index (χ2n) is 14.0. The number of aromatic nitrogens is 2. The number of rotatable bonds is 4. The molecular formula is C36H47F2N3O6. The topological polar surface area (TPSA) is 108 Å². The number of amides is 1. The quantitative estimate of drug-likeness (QED) is 0.262. The molecule has 3 fully saturated rings. The number of fused-ring (bicyclic) bond motifs is 5. The average molecular weight is 656 g/mol. The Balaban J connectivity index is 1.40. The summed E-state index contributed by atoms with van der Waals surface area (Å²) in [5.74, 6) is -4.74. The minimum atomic E-state index is -3.34. The molecule has 1 aromatic heterocycles. The third-order valence-electron chi connectivity index (χ3n) is 11.1. The van der Waals surface area contributed by atoms with Crippen LogP contribution >= 0.6 is 0 Å². The van der Waals surface area contributed by atoms with Crippen LogP contribution in [0.1, 0.15) is 103 Å². The van der Waals surface area contributed by atoms with E-state index in [9.17, 15) is 14.4 Å². The lowest BCUT2D eigenvalue weighted by atomic mass is 9.77. The lowest BCUT2D eigenvalue weighted by molar-refractivity contribution is -0.156. The van der Waals surface area contributed by atoms with Crippen LogP contribution in [0.3, 0.4) is 0 Å². The first-order valence-corrected chi connectivity index (χ1v) is 17.6. The van der Waals surface area contributed by atoms with E-state index < -0.39 is 42.0 Å². The zero-order valence-electron chi connectivity index (χ0n) is 27.5. The van der Waals surface area contributed by atoms with Crippen molar-refractivity contribution in [1.82, 2.24) is 14.9 Å². The molecule has 6 rings (SSSR count). The van der Waals surface area contributed by atoms with Crippen molar-refractivity contribution >= 4 is 29.2 Å². The summed E-state index contributed by atoms with van der Waals surface area (Å²) in [5.41, 5.74) is 0.100. The molecule has 2 aromatic rings. The van der Waals surface area contributed by atoms with Crippen molar-refractivity contribution in [2.75, 3.05) is 13.7 Å². The summed E-state index contributed by atoms with van der Waals surface area (Å²) < 4.78 is 49.9. The van der Waals surface area contributed by atoms with Crippen LogP contribution in [0.4, 0.5) is 8.78 Å². The lowest BCUT2D eigenvalue weighted by Gasteiger charge is -2.33. The van der Waals surface area contributed by atoms with E-state index in [0.717, 1.165) is 57.7 Å². The van der Waals surface area contributed by atoms with E-state index in [-0.39, 0.29) is 55.1 Å². The van der Waals surface area contributed by atoms with Gasteiger partial charge in [-0.1, -0.05) is 32.6 Å². The van der Waals surface area contributed by atoms with Gasteiger partial charge in [-0.05, 0) is 75.3 Å². The zero-order chi connectivity index (χ0) is 33.1. The van der Waals surface area contributed by atoms with Gasteiger partial charge >= 0.3 is 5.97 Å². The van der Waals surface area contributed by atoms with Gasteiger partial charge in [-0.3, -0.25) is 9.59 Å². The molecular weight excluding hydrogens is 608 g/mol. The number of aldehydes is 1. The van der Waals surface area contributed by atoms with Gasteiger partial charge in [-0.25, -0.2) is 9.97 Å².